The van der Waals surface area contributed by atoms with Crippen LogP contribution in [0.2, 0.25) is 5.02 Å². The summed E-state index contributed by atoms with van der Waals surface area (Å²) in [6, 6.07) is 8.18. The van der Waals surface area contributed by atoms with Crippen LogP contribution in [0, 0.1) is 18.3 Å². The van der Waals surface area contributed by atoms with E-state index in [4.69, 9.17) is 16.0 Å². The molecule has 12 heteroatoms. The fourth-order valence-electron chi connectivity index (χ4n) is 4.04. The molecule has 0 N–H and O–H groups in total. The first kappa shape index (κ1) is 23.5. The Balaban J connectivity index is 1.27. The molecule has 3 heterocycles. The molecular formula is C21H25ClN6O4S. The van der Waals surface area contributed by atoms with Crippen molar-refractivity contribution in [2.45, 2.75) is 11.8 Å². The van der Waals surface area contributed by atoms with Crippen LogP contribution >= 0.6 is 11.6 Å². The number of benzene rings is 1. The molecule has 0 atom stereocenters. The molecule has 1 aromatic carbocycles. The van der Waals surface area contributed by atoms with Gasteiger partial charge in [-0.2, -0.15) is 9.57 Å². The second kappa shape index (κ2) is 9.69. The van der Waals surface area contributed by atoms with Crippen LogP contribution in [0.15, 0.2) is 33.6 Å². The molecule has 0 spiro atoms. The maximum Gasteiger partial charge on any atom is 0.243 e. The highest BCUT2D eigenvalue weighted by Crippen LogP contribution is 2.23. The molecule has 0 saturated carbocycles. The van der Waals surface area contributed by atoms with Crippen molar-refractivity contribution >= 4 is 33.4 Å². The molecule has 2 fully saturated rings. The highest BCUT2D eigenvalue weighted by molar-refractivity contribution is 7.89. The second-order valence-corrected chi connectivity index (χ2v) is 10.4. The number of aryl methyl sites for hydroxylation is 1. The quantitative estimate of drug-likeness (QED) is 0.611. The number of carbonyl (C=O) groups is 1. The van der Waals surface area contributed by atoms with Gasteiger partial charge >= 0.3 is 0 Å². The van der Waals surface area contributed by atoms with Gasteiger partial charge in [0.05, 0.1) is 11.4 Å². The van der Waals surface area contributed by atoms with Crippen LogP contribution in [-0.2, 0) is 14.8 Å². The average molecular weight is 493 g/mol. The Morgan fingerprint density at radius 3 is 2.33 bits per heavy atom. The number of oxazole rings is 1. The Bertz CT molecular complexity index is 1140. The molecule has 0 radical (unpaired) electrons. The van der Waals surface area contributed by atoms with E-state index >= 15 is 0 Å². The molecule has 33 heavy (non-hydrogen) atoms. The first-order valence-electron chi connectivity index (χ1n) is 10.7. The highest BCUT2D eigenvalue weighted by Gasteiger charge is 2.31. The normalized spacial score (nSPS) is 18.3. The highest BCUT2D eigenvalue weighted by atomic mass is 35.5. The third-order valence-electron chi connectivity index (χ3n) is 5.88. The van der Waals surface area contributed by atoms with E-state index in [2.05, 4.69) is 4.98 Å². The van der Waals surface area contributed by atoms with E-state index in [0.717, 1.165) is 0 Å². The van der Waals surface area contributed by atoms with E-state index in [1.807, 2.05) is 15.9 Å². The standard InChI is InChI=1S/C21H25ClN6O4S/c1-16-24-19(14-23)21(32-16)27-10-8-26(9-11-27)20(29)15-25-6-12-28(13-7-25)33(30,31)18-4-2-17(22)3-5-18/h2-5H,6-13,15H2,1H3. The number of piperazine rings is 2. The van der Waals surface area contributed by atoms with Crippen LogP contribution in [0.1, 0.15) is 11.6 Å². The topological polar surface area (TPSA) is 114 Å². The van der Waals surface area contributed by atoms with Crippen molar-refractivity contribution in [3.05, 3.63) is 40.9 Å². The van der Waals surface area contributed by atoms with E-state index in [1.165, 1.54) is 16.4 Å². The number of halogens is 1. The smallest absolute Gasteiger partial charge is 0.243 e. The Morgan fingerprint density at radius 2 is 1.73 bits per heavy atom. The SMILES string of the molecule is Cc1nc(C#N)c(N2CCN(C(=O)CN3CCN(S(=O)(=O)c4ccc(Cl)cc4)CC3)CC2)o1. The number of anilines is 1. The molecule has 0 aliphatic carbocycles. The maximum atomic E-state index is 12.8. The Labute approximate surface area is 198 Å². The molecule has 0 bridgehead atoms. The number of carbonyl (C=O) groups excluding carboxylic acids is 1. The van der Waals surface area contributed by atoms with E-state index in [0.29, 0.717) is 69.2 Å². The van der Waals surface area contributed by atoms with Crippen LogP contribution in [-0.4, -0.2) is 92.3 Å². The summed E-state index contributed by atoms with van der Waals surface area (Å²) in [4.78, 5) is 22.8. The maximum absolute atomic E-state index is 12.8. The van der Waals surface area contributed by atoms with E-state index in [-0.39, 0.29) is 23.0 Å². The summed E-state index contributed by atoms with van der Waals surface area (Å²) in [6.45, 7) is 5.74. The van der Waals surface area contributed by atoms with Gasteiger partial charge in [0.15, 0.2) is 5.89 Å². The van der Waals surface area contributed by atoms with E-state index in [9.17, 15) is 18.5 Å². The number of aromatic nitrogens is 1. The number of hydrogen-bond acceptors (Lipinski definition) is 8. The molecular weight excluding hydrogens is 468 g/mol. The second-order valence-electron chi connectivity index (χ2n) is 8.00. The summed E-state index contributed by atoms with van der Waals surface area (Å²) in [5.74, 6) is 0.912. The minimum Gasteiger partial charge on any atom is -0.424 e. The van der Waals surface area contributed by atoms with Gasteiger partial charge in [-0.3, -0.25) is 9.69 Å². The lowest BCUT2D eigenvalue weighted by atomic mass is 10.2. The zero-order valence-electron chi connectivity index (χ0n) is 18.3. The number of amides is 1. The number of hydrogen-bond donors (Lipinski definition) is 0. The molecule has 0 unspecified atom stereocenters. The van der Waals surface area contributed by atoms with Gasteiger partial charge in [0.2, 0.25) is 27.5 Å². The molecule has 4 rings (SSSR count). The first-order valence-corrected chi connectivity index (χ1v) is 12.5. The van der Waals surface area contributed by atoms with Crippen molar-refractivity contribution in [1.29, 1.82) is 5.26 Å². The summed E-state index contributed by atoms with van der Waals surface area (Å²) in [5.41, 5.74) is 0.263. The predicted octanol–water partition coefficient (Wildman–Crippen LogP) is 1.16. The lowest BCUT2D eigenvalue weighted by molar-refractivity contribution is -0.133. The minimum absolute atomic E-state index is 0.0120. The van der Waals surface area contributed by atoms with Crippen molar-refractivity contribution in [1.82, 2.24) is 19.1 Å². The van der Waals surface area contributed by atoms with Crippen molar-refractivity contribution < 1.29 is 17.6 Å². The van der Waals surface area contributed by atoms with Crippen LogP contribution in [0.4, 0.5) is 5.88 Å². The number of rotatable bonds is 5. The molecule has 1 aromatic heterocycles. The predicted molar refractivity (Wildman–Crippen MR) is 121 cm³/mol. The number of nitriles is 1. The summed E-state index contributed by atoms with van der Waals surface area (Å²) in [7, 11) is -3.58. The lowest BCUT2D eigenvalue weighted by Crippen LogP contribution is -2.54. The van der Waals surface area contributed by atoms with Gasteiger partial charge in [-0.05, 0) is 24.3 Å². The number of nitrogens with zero attached hydrogens (tertiary/aromatic N) is 6. The Kier molecular flexibility index (Phi) is 6.90. The van der Waals surface area contributed by atoms with E-state index in [1.54, 1.807) is 24.0 Å². The lowest BCUT2D eigenvalue weighted by Gasteiger charge is -2.37. The van der Waals surface area contributed by atoms with Gasteiger partial charge in [0, 0.05) is 64.3 Å². The average Bonchev–Trinajstić information content (AvgIpc) is 3.20. The Morgan fingerprint density at radius 1 is 1.09 bits per heavy atom. The largest absolute Gasteiger partial charge is 0.424 e. The monoisotopic (exact) mass is 492 g/mol. The van der Waals surface area contributed by atoms with Gasteiger partial charge < -0.3 is 14.2 Å². The molecule has 2 aromatic rings. The summed E-state index contributed by atoms with van der Waals surface area (Å²) in [6.07, 6.45) is 0. The fraction of sp³-hybridized carbons (Fsp3) is 0.476. The minimum atomic E-state index is -3.58. The third-order valence-corrected chi connectivity index (χ3v) is 8.05. The Hall–Kier alpha value is -2.65. The van der Waals surface area contributed by atoms with Crippen LogP contribution in [0.5, 0.6) is 0 Å². The van der Waals surface area contributed by atoms with Gasteiger partial charge in [-0.1, -0.05) is 11.6 Å². The van der Waals surface area contributed by atoms with Crippen molar-refractivity contribution in [2.24, 2.45) is 0 Å². The number of sulfonamides is 1. The zero-order chi connectivity index (χ0) is 23.6. The zero-order valence-corrected chi connectivity index (χ0v) is 19.8. The summed E-state index contributed by atoms with van der Waals surface area (Å²) < 4.78 is 32.6. The molecule has 10 nitrogen and oxygen atoms in total. The van der Waals surface area contributed by atoms with Gasteiger partial charge in [0.1, 0.15) is 6.07 Å². The van der Waals surface area contributed by atoms with Crippen molar-refractivity contribution in [3.8, 4) is 6.07 Å². The molecule has 1 amide bonds. The molecule has 2 aliphatic rings. The van der Waals surface area contributed by atoms with Crippen molar-refractivity contribution in [3.63, 3.8) is 0 Å². The third kappa shape index (κ3) is 5.14. The van der Waals surface area contributed by atoms with Gasteiger partial charge in [0.25, 0.3) is 0 Å². The van der Waals surface area contributed by atoms with Crippen LogP contribution in [0.25, 0.3) is 0 Å². The first-order chi connectivity index (χ1) is 15.8. The van der Waals surface area contributed by atoms with Gasteiger partial charge in [-0.15, -0.1) is 0 Å². The molecule has 2 aliphatic heterocycles. The summed E-state index contributed by atoms with van der Waals surface area (Å²) >= 11 is 5.86. The van der Waals surface area contributed by atoms with Gasteiger partial charge in [-0.25, -0.2) is 13.4 Å². The van der Waals surface area contributed by atoms with E-state index < -0.39 is 10.0 Å². The summed E-state index contributed by atoms with van der Waals surface area (Å²) in [5, 5.41) is 9.70. The van der Waals surface area contributed by atoms with Crippen molar-refractivity contribution in [2.75, 3.05) is 63.8 Å². The van der Waals surface area contributed by atoms with Crippen LogP contribution < -0.4 is 4.90 Å². The molecule has 176 valence electrons. The fourth-order valence-corrected chi connectivity index (χ4v) is 5.59. The molecule has 2 saturated heterocycles. The van der Waals surface area contributed by atoms with Crippen LogP contribution in [0.3, 0.4) is 0 Å².